The van der Waals surface area contributed by atoms with Crippen LogP contribution in [-0.4, -0.2) is 23.1 Å². The van der Waals surface area contributed by atoms with Crippen molar-refractivity contribution in [2.45, 2.75) is 20.8 Å². The lowest BCUT2D eigenvalue weighted by Gasteiger charge is -2.07. The van der Waals surface area contributed by atoms with Crippen LogP contribution in [0.4, 0.5) is 0 Å². The molecule has 0 saturated carbocycles. The number of carbonyl (C=O) groups excluding carboxylic acids is 2. The zero-order valence-corrected chi connectivity index (χ0v) is 12.8. The summed E-state index contributed by atoms with van der Waals surface area (Å²) in [6, 6.07) is 11.4. The number of aromatic nitrogens is 1. The highest BCUT2D eigenvalue weighted by Gasteiger charge is 2.18. The molecule has 3 rings (SSSR count). The first-order valence-corrected chi connectivity index (χ1v) is 7.26. The molecule has 22 heavy (non-hydrogen) atoms. The highest BCUT2D eigenvalue weighted by atomic mass is 16.5. The van der Waals surface area contributed by atoms with Crippen LogP contribution in [0.2, 0.25) is 0 Å². The third-order valence-corrected chi connectivity index (χ3v) is 3.83. The van der Waals surface area contributed by atoms with E-state index < -0.39 is 0 Å². The average Bonchev–Trinajstić information content (AvgIpc) is 2.80. The summed E-state index contributed by atoms with van der Waals surface area (Å²) in [5.41, 5.74) is 2.94. The zero-order valence-electron chi connectivity index (χ0n) is 12.8. The van der Waals surface area contributed by atoms with Gasteiger partial charge in [0.05, 0.1) is 23.2 Å². The van der Waals surface area contributed by atoms with Gasteiger partial charge in [-0.3, -0.25) is 9.36 Å². The van der Waals surface area contributed by atoms with Gasteiger partial charge in [-0.2, -0.15) is 0 Å². The van der Waals surface area contributed by atoms with E-state index in [9.17, 15) is 9.59 Å². The van der Waals surface area contributed by atoms with Crippen molar-refractivity contribution in [3.05, 3.63) is 47.5 Å². The number of nitrogens with zero attached hydrogens (tertiary/aromatic N) is 1. The summed E-state index contributed by atoms with van der Waals surface area (Å²) < 4.78 is 6.74. The van der Waals surface area contributed by atoms with Crippen molar-refractivity contribution in [3.8, 4) is 0 Å². The molecular weight excluding hydrogens is 278 g/mol. The first-order valence-electron chi connectivity index (χ1n) is 7.26. The van der Waals surface area contributed by atoms with Crippen molar-refractivity contribution in [1.82, 2.24) is 4.57 Å². The zero-order chi connectivity index (χ0) is 15.9. The summed E-state index contributed by atoms with van der Waals surface area (Å²) in [5.74, 6) is -0.438. The van der Waals surface area contributed by atoms with Crippen LogP contribution in [0.25, 0.3) is 21.8 Å². The number of rotatable bonds is 2. The minimum atomic E-state index is -0.359. The number of hydrogen-bond donors (Lipinski definition) is 0. The summed E-state index contributed by atoms with van der Waals surface area (Å²) in [7, 11) is 0. The van der Waals surface area contributed by atoms with Crippen molar-refractivity contribution in [3.63, 3.8) is 0 Å². The maximum Gasteiger partial charge on any atom is 0.338 e. The Morgan fingerprint density at radius 2 is 1.82 bits per heavy atom. The molecule has 2 aromatic carbocycles. The average molecular weight is 295 g/mol. The largest absolute Gasteiger partial charge is 0.462 e. The van der Waals surface area contributed by atoms with Gasteiger partial charge in [-0.15, -0.1) is 0 Å². The van der Waals surface area contributed by atoms with Crippen LogP contribution in [-0.2, 0) is 4.74 Å². The number of benzene rings is 2. The third-order valence-electron chi connectivity index (χ3n) is 3.83. The topological polar surface area (TPSA) is 48.3 Å². The van der Waals surface area contributed by atoms with Crippen molar-refractivity contribution < 1.29 is 14.3 Å². The molecule has 0 N–H and O–H groups in total. The monoisotopic (exact) mass is 295 g/mol. The Hall–Kier alpha value is -2.62. The predicted molar refractivity (Wildman–Crippen MR) is 86.4 cm³/mol. The Balaban J connectivity index is 2.40. The molecule has 0 aliphatic carbocycles. The molecule has 0 fully saturated rings. The number of ether oxygens (including phenoxy) is 1. The van der Waals surface area contributed by atoms with Crippen LogP contribution in [0.3, 0.4) is 0 Å². The van der Waals surface area contributed by atoms with E-state index in [4.69, 9.17) is 4.74 Å². The van der Waals surface area contributed by atoms with Gasteiger partial charge in [0.1, 0.15) is 0 Å². The Labute approximate surface area is 128 Å². The van der Waals surface area contributed by atoms with Gasteiger partial charge in [-0.25, -0.2) is 4.79 Å². The fraction of sp³-hybridized carbons (Fsp3) is 0.222. The lowest BCUT2D eigenvalue weighted by Crippen LogP contribution is -2.09. The highest BCUT2D eigenvalue weighted by Crippen LogP contribution is 2.31. The normalized spacial score (nSPS) is 11.0. The minimum Gasteiger partial charge on any atom is -0.462 e. The molecule has 0 saturated heterocycles. The summed E-state index contributed by atoms with van der Waals surface area (Å²) in [6.07, 6.45) is 0. The Bertz CT molecular complexity index is 905. The molecule has 4 heteroatoms. The molecule has 0 atom stereocenters. The Morgan fingerprint density at radius 3 is 2.50 bits per heavy atom. The van der Waals surface area contributed by atoms with Crippen LogP contribution >= 0.6 is 0 Å². The first-order chi connectivity index (χ1) is 10.5. The number of para-hydroxylation sites is 1. The fourth-order valence-corrected chi connectivity index (χ4v) is 2.89. The molecule has 0 unspecified atom stereocenters. The lowest BCUT2D eigenvalue weighted by atomic mass is 10.0. The second kappa shape index (κ2) is 5.30. The molecule has 1 heterocycles. The number of hydrogen-bond acceptors (Lipinski definition) is 3. The van der Waals surface area contributed by atoms with Gasteiger partial charge in [-0.1, -0.05) is 18.2 Å². The van der Waals surface area contributed by atoms with Gasteiger partial charge in [0.15, 0.2) is 0 Å². The van der Waals surface area contributed by atoms with E-state index in [-0.39, 0.29) is 11.9 Å². The van der Waals surface area contributed by atoms with Crippen molar-refractivity contribution in [2.24, 2.45) is 0 Å². The second-order valence-corrected chi connectivity index (χ2v) is 5.28. The maximum atomic E-state index is 12.1. The number of esters is 1. The number of fused-ring (bicyclic) bond motifs is 3. The van der Waals surface area contributed by atoms with E-state index in [1.165, 1.54) is 6.92 Å². The Morgan fingerprint density at radius 1 is 1.09 bits per heavy atom. The van der Waals surface area contributed by atoms with Crippen LogP contribution in [0, 0.1) is 6.92 Å². The van der Waals surface area contributed by atoms with Crippen molar-refractivity contribution >= 4 is 33.7 Å². The molecule has 0 spiro atoms. The van der Waals surface area contributed by atoms with Crippen LogP contribution in [0.1, 0.15) is 34.6 Å². The summed E-state index contributed by atoms with van der Waals surface area (Å²) in [6.45, 7) is 5.51. The van der Waals surface area contributed by atoms with E-state index in [1.807, 2.05) is 37.3 Å². The lowest BCUT2D eigenvalue weighted by molar-refractivity contribution is 0.0525. The molecular formula is C18H17NO3. The molecule has 0 aliphatic heterocycles. The van der Waals surface area contributed by atoms with Crippen LogP contribution in [0.15, 0.2) is 36.4 Å². The summed E-state index contributed by atoms with van der Waals surface area (Å²) in [4.78, 5) is 24.2. The molecule has 0 aliphatic rings. The number of carbonyl (C=O) groups is 2. The molecule has 112 valence electrons. The first kappa shape index (κ1) is 14.3. The van der Waals surface area contributed by atoms with Crippen LogP contribution in [0.5, 0.6) is 0 Å². The standard InChI is InChI=1S/C18H17NO3/c1-4-22-18(21)14-10-17-15(9-11(14)2)13-7-5-6-8-16(13)19(17)12(3)20/h5-10H,4H2,1-3H3. The molecule has 4 nitrogen and oxygen atoms in total. The molecule has 0 amide bonds. The summed E-state index contributed by atoms with van der Waals surface area (Å²) >= 11 is 0. The van der Waals surface area contributed by atoms with Gasteiger partial charge in [-0.05, 0) is 37.6 Å². The third kappa shape index (κ3) is 2.08. The van der Waals surface area contributed by atoms with Gasteiger partial charge < -0.3 is 4.74 Å². The van der Waals surface area contributed by atoms with Gasteiger partial charge >= 0.3 is 5.97 Å². The van der Waals surface area contributed by atoms with E-state index >= 15 is 0 Å². The molecule has 0 radical (unpaired) electrons. The Kier molecular flexibility index (Phi) is 3.45. The van der Waals surface area contributed by atoms with Gasteiger partial charge in [0.25, 0.3) is 0 Å². The maximum absolute atomic E-state index is 12.1. The van der Waals surface area contributed by atoms with Crippen LogP contribution < -0.4 is 0 Å². The molecule has 3 aromatic rings. The number of aryl methyl sites for hydroxylation is 1. The predicted octanol–water partition coefficient (Wildman–Crippen LogP) is 3.94. The van der Waals surface area contributed by atoms with Crippen molar-refractivity contribution in [1.29, 1.82) is 0 Å². The van der Waals surface area contributed by atoms with E-state index in [2.05, 4.69) is 0 Å². The minimum absolute atomic E-state index is 0.0788. The molecule has 0 bridgehead atoms. The van der Waals surface area contributed by atoms with E-state index in [0.717, 1.165) is 27.4 Å². The molecule has 1 aromatic heterocycles. The SMILES string of the molecule is CCOC(=O)c1cc2c(cc1C)c1ccccc1n2C(C)=O. The van der Waals surface area contributed by atoms with E-state index in [0.29, 0.717) is 12.2 Å². The second-order valence-electron chi connectivity index (χ2n) is 5.28. The smallest absolute Gasteiger partial charge is 0.338 e. The fourth-order valence-electron chi connectivity index (χ4n) is 2.89. The van der Waals surface area contributed by atoms with Gasteiger partial charge in [0.2, 0.25) is 5.91 Å². The highest BCUT2D eigenvalue weighted by molar-refractivity contribution is 6.14. The summed E-state index contributed by atoms with van der Waals surface area (Å²) in [5, 5.41) is 1.97. The van der Waals surface area contributed by atoms with Gasteiger partial charge in [0, 0.05) is 17.7 Å². The quantitative estimate of drug-likeness (QED) is 0.673. The van der Waals surface area contributed by atoms with E-state index in [1.54, 1.807) is 17.6 Å². The van der Waals surface area contributed by atoms with Crippen molar-refractivity contribution in [2.75, 3.05) is 6.61 Å².